The van der Waals surface area contributed by atoms with Crippen LogP contribution < -0.4 is 10.4 Å². The van der Waals surface area contributed by atoms with Crippen LogP contribution in [0.5, 0.6) is 0 Å². The summed E-state index contributed by atoms with van der Waals surface area (Å²) in [6.45, 7) is 10.3. The lowest BCUT2D eigenvalue weighted by atomic mass is 9.90. The molecule has 1 aliphatic rings. The highest BCUT2D eigenvalue weighted by Gasteiger charge is 2.57. The minimum Gasteiger partial charge on any atom is -0.399 e. The van der Waals surface area contributed by atoms with Crippen molar-refractivity contribution in [2.24, 2.45) is 0 Å². The van der Waals surface area contributed by atoms with Gasteiger partial charge in [0, 0.05) is 7.11 Å². The molecule has 4 atom stereocenters. The second-order valence-corrected chi connectivity index (χ2v) is 13.8. The van der Waals surface area contributed by atoms with Gasteiger partial charge in [-0.25, -0.2) is 0 Å². The highest BCUT2D eigenvalue weighted by molar-refractivity contribution is 6.99. The second-order valence-electron chi connectivity index (χ2n) is 9.51. The van der Waals surface area contributed by atoms with Crippen molar-refractivity contribution in [2.75, 3.05) is 7.11 Å². The zero-order chi connectivity index (χ0) is 22.2. The molecule has 0 aliphatic carbocycles. The molecule has 30 heavy (non-hydrogen) atoms. The largest absolute Gasteiger partial charge is 0.399 e. The number of methoxy groups -OCH3 is 1. The van der Waals surface area contributed by atoms with Gasteiger partial charge in [0.05, 0.1) is 5.60 Å². The molecule has 1 saturated heterocycles. The molecular weight excluding hydrogens is 396 g/mol. The first-order valence-corrected chi connectivity index (χ1v) is 12.3. The summed E-state index contributed by atoms with van der Waals surface area (Å²) >= 11 is 0. The predicted octanol–water partition coefficient (Wildman–Crippen LogP) is 2.43. The van der Waals surface area contributed by atoms with Crippen molar-refractivity contribution in [3.63, 3.8) is 0 Å². The quantitative estimate of drug-likeness (QED) is 0.713. The van der Waals surface area contributed by atoms with Crippen molar-refractivity contribution < 1.29 is 24.1 Å². The van der Waals surface area contributed by atoms with E-state index in [2.05, 4.69) is 45.0 Å². The fourth-order valence-corrected chi connectivity index (χ4v) is 9.29. The monoisotopic (exact) mass is 430 g/mol. The Hall–Kier alpha value is -1.54. The van der Waals surface area contributed by atoms with E-state index < -0.39 is 38.5 Å². The number of hydrogen-bond donors (Lipinski definition) is 2. The maximum Gasteiger partial charge on any atom is 0.261 e. The van der Waals surface area contributed by atoms with Gasteiger partial charge in [0.25, 0.3) is 8.32 Å². The molecule has 5 nitrogen and oxygen atoms in total. The van der Waals surface area contributed by atoms with Gasteiger partial charge >= 0.3 is 0 Å². The highest BCUT2D eigenvalue weighted by Crippen LogP contribution is 2.41. The van der Waals surface area contributed by atoms with E-state index in [1.807, 2.05) is 50.2 Å². The summed E-state index contributed by atoms with van der Waals surface area (Å²) in [6.07, 6.45) is -4.01. The third-order valence-corrected chi connectivity index (χ3v) is 11.0. The van der Waals surface area contributed by atoms with Crippen LogP contribution in [0.3, 0.4) is 0 Å². The van der Waals surface area contributed by atoms with E-state index >= 15 is 0 Å². The minimum atomic E-state index is -2.92. The van der Waals surface area contributed by atoms with Gasteiger partial charge < -0.3 is 24.1 Å². The van der Waals surface area contributed by atoms with E-state index in [0.29, 0.717) is 0 Å². The van der Waals surface area contributed by atoms with Gasteiger partial charge in [0.15, 0.2) is 6.29 Å². The van der Waals surface area contributed by atoms with Gasteiger partial charge in [-0.2, -0.15) is 0 Å². The van der Waals surface area contributed by atoms with Crippen LogP contribution in [0.2, 0.25) is 5.04 Å². The molecule has 0 spiro atoms. The first-order chi connectivity index (χ1) is 14.0. The fraction of sp³-hybridized carbons (Fsp3) is 0.500. The van der Waals surface area contributed by atoms with Gasteiger partial charge in [-0.15, -0.1) is 0 Å². The Kier molecular flexibility index (Phi) is 6.58. The molecule has 6 heteroatoms. The molecule has 0 amide bonds. The SMILES string of the molecule is CO[C@@H]1OC(C)(C)[C@H](O[Si](c2ccccc2)(c2ccccc2)C(C)(C)C)[C@@H](O)[C@H]1O. The smallest absolute Gasteiger partial charge is 0.261 e. The number of aliphatic hydroxyl groups is 2. The Morgan fingerprint density at radius 2 is 1.33 bits per heavy atom. The third-order valence-electron chi connectivity index (χ3n) is 6.00. The molecular formula is C24H34O5Si. The molecule has 164 valence electrons. The van der Waals surface area contributed by atoms with Gasteiger partial charge in [0.1, 0.15) is 18.3 Å². The molecule has 1 fully saturated rings. The topological polar surface area (TPSA) is 68.2 Å². The average Bonchev–Trinajstić information content (AvgIpc) is 2.71. The summed E-state index contributed by atoms with van der Waals surface area (Å²) in [6, 6.07) is 20.5. The van der Waals surface area contributed by atoms with E-state index in [1.165, 1.54) is 7.11 Å². The second kappa shape index (κ2) is 8.53. The van der Waals surface area contributed by atoms with Gasteiger partial charge in [0.2, 0.25) is 0 Å². The molecule has 0 aromatic heterocycles. The average molecular weight is 431 g/mol. The van der Waals surface area contributed by atoms with Crippen LogP contribution in [-0.2, 0) is 13.9 Å². The summed E-state index contributed by atoms with van der Waals surface area (Å²) in [5, 5.41) is 23.7. The van der Waals surface area contributed by atoms with Crippen LogP contribution in [-0.4, -0.2) is 55.8 Å². The lowest BCUT2D eigenvalue weighted by Gasteiger charge is -2.52. The van der Waals surface area contributed by atoms with Crippen molar-refractivity contribution in [3.8, 4) is 0 Å². The molecule has 0 radical (unpaired) electrons. The summed E-state index contributed by atoms with van der Waals surface area (Å²) in [5.41, 5.74) is -0.869. The molecule has 1 heterocycles. The Morgan fingerprint density at radius 3 is 1.73 bits per heavy atom. The number of ether oxygens (including phenoxy) is 2. The Morgan fingerprint density at radius 1 is 0.867 bits per heavy atom. The van der Waals surface area contributed by atoms with E-state index in [-0.39, 0.29) is 5.04 Å². The van der Waals surface area contributed by atoms with Crippen molar-refractivity contribution in [1.82, 2.24) is 0 Å². The van der Waals surface area contributed by atoms with E-state index in [1.54, 1.807) is 0 Å². The maximum atomic E-state index is 11.1. The summed E-state index contributed by atoms with van der Waals surface area (Å²) < 4.78 is 18.3. The first-order valence-electron chi connectivity index (χ1n) is 10.4. The van der Waals surface area contributed by atoms with Gasteiger partial charge in [-0.05, 0) is 29.3 Å². The van der Waals surface area contributed by atoms with Crippen LogP contribution in [0.25, 0.3) is 0 Å². The lowest BCUT2D eigenvalue weighted by molar-refractivity contribution is -0.314. The van der Waals surface area contributed by atoms with Crippen molar-refractivity contribution in [3.05, 3.63) is 60.7 Å². The highest BCUT2D eigenvalue weighted by atomic mass is 28.4. The molecule has 0 saturated carbocycles. The fourth-order valence-electron chi connectivity index (χ4n) is 4.47. The van der Waals surface area contributed by atoms with Crippen LogP contribution in [0.4, 0.5) is 0 Å². The summed E-state index contributed by atoms with van der Waals surface area (Å²) in [4.78, 5) is 0. The maximum absolute atomic E-state index is 11.1. The lowest BCUT2D eigenvalue weighted by Crippen LogP contribution is -2.73. The molecule has 2 aromatic rings. The van der Waals surface area contributed by atoms with E-state index in [4.69, 9.17) is 13.9 Å². The summed E-state index contributed by atoms with van der Waals surface area (Å²) in [7, 11) is -1.46. The molecule has 3 rings (SSSR count). The molecule has 0 bridgehead atoms. The molecule has 2 aromatic carbocycles. The Balaban J connectivity index is 2.19. The first kappa shape index (κ1) is 23.1. The van der Waals surface area contributed by atoms with Crippen molar-refractivity contribution in [2.45, 2.75) is 69.9 Å². The zero-order valence-electron chi connectivity index (χ0n) is 18.7. The van der Waals surface area contributed by atoms with Crippen molar-refractivity contribution in [1.29, 1.82) is 0 Å². The number of hydrogen-bond acceptors (Lipinski definition) is 5. The standard InChI is InChI=1S/C24H34O5Si/c1-23(2,3)30(17-13-9-7-10-14-17,18-15-11-8-12-16-18)29-21-19(25)20(26)22(27-6)28-24(21,4)5/h7-16,19-22,25-26H,1-6H3/t19-,20+,21+,22+/m0/s1. The Labute approximate surface area is 180 Å². The van der Waals surface area contributed by atoms with Crippen LogP contribution in [0.15, 0.2) is 60.7 Å². The van der Waals surface area contributed by atoms with Crippen molar-refractivity contribution >= 4 is 18.7 Å². The van der Waals surface area contributed by atoms with Gasteiger partial charge in [-0.1, -0.05) is 81.4 Å². The van der Waals surface area contributed by atoms with E-state index in [9.17, 15) is 10.2 Å². The van der Waals surface area contributed by atoms with Crippen LogP contribution in [0.1, 0.15) is 34.6 Å². The summed E-state index contributed by atoms with van der Waals surface area (Å²) in [5.74, 6) is 0. The molecule has 1 aliphatic heterocycles. The van der Waals surface area contributed by atoms with Gasteiger partial charge in [-0.3, -0.25) is 0 Å². The van der Waals surface area contributed by atoms with Crippen LogP contribution in [0, 0.1) is 0 Å². The van der Waals surface area contributed by atoms with E-state index in [0.717, 1.165) is 10.4 Å². The number of rotatable bonds is 5. The number of aliphatic hydroxyl groups excluding tert-OH is 2. The minimum absolute atomic E-state index is 0.255. The zero-order valence-corrected chi connectivity index (χ0v) is 19.7. The van der Waals surface area contributed by atoms with Crippen LogP contribution >= 0.6 is 0 Å². The molecule has 0 unspecified atom stereocenters. The number of benzene rings is 2. The third kappa shape index (κ3) is 4.00. The molecule has 2 N–H and O–H groups in total. The normalized spacial score (nSPS) is 27.1. The predicted molar refractivity (Wildman–Crippen MR) is 120 cm³/mol. The Bertz CT molecular complexity index is 779.